The largest absolute Gasteiger partial charge is 0.416 e. The zero-order valence-corrected chi connectivity index (χ0v) is 16.0. The predicted octanol–water partition coefficient (Wildman–Crippen LogP) is 3.23. The number of amides is 4. The summed E-state index contributed by atoms with van der Waals surface area (Å²) in [5.41, 5.74) is -1.76. The molecule has 3 N–H and O–H groups in total. The summed E-state index contributed by atoms with van der Waals surface area (Å²) in [5.74, 6) is -1.95. The minimum Gasteiger partial charge on any atom is -0.349 e. The molecule has 162 valence electrons. The minimum absolute atomic E-state index is 0.0248. The number of carbonyl (C=O) groups is 3. The van der Waals surface area contributed by atoms with E-state index in [9.17, 15) is 31.9 Å². The molecular weight excluding hydrogens is 418 g/mol. The Balaban J connectivity index is 1.59. The second-order valence-electron chi connectivity index (χ2n) is 7.60. The van der Waals surface area contributed by atoms with E-state index in [4.69, 9.17) is 0 Å². The van der Waals surface area contributed by atoms with Crippen LogP contribution in [0.15, 0.2) is 42.5 Å². The molecule has 4 amide bonds. The van der Waals surface area contributed by atoms with Crippen LogP contribution in [0.1, 0.15) is 28.8 Å². The number of urea groups is 1. The van der Waals surface area contributed by atoms with Crippen LogP contribution in [0.5, 0.6) is 0 Å². The number of benzene rings is 2. The summed E-state index contributed by atoms with van der Waals surface area (Å²) in [6, 6.07) is 6.70. The summed E-state index contributed by atoms with van der Waals surface area (Å²) >= 11 is 0. The molecule has 6 nitrogen and oxygen atoms in total. The lowest BCUT2D eigenvalue weighted by Gasteiger charge is -2.26. The standard InChI is InChI=1S/C21H17F4N3O3/c22-14-7-8-15(16(9-14)11-1-3-13(4-2-11)21(23,24)25)17(29)26-10-20(12-5-6-12)18(30)27-19(31)28-20/h1-4,7-9,12H,5-6,10H2,(H,26,29)(H2,27,28,30,31)/t20-/m0/s1. The molecule has 2 aromatic rings. The SMILES string of the molecule is O=C1NC(=O)[C@](CNC(=O)c2ccc(F)cc2-c2ccc(C(F)(F)F)cc2)(C2CC2)N1. The predicted molar refractivity (Wildman–Crippen MR) is 101 cm³/mol. The van der Waals surface area contributed by atoms with Crippen molar-refractivity contribution in [3.05, 3.63) is 59.4 Å². The van der Waals surface area contributed by atoms with Crippen LogP contribution in [0.4, 0.5) is 22.4 Å². The van der Waals surface area contributed by atoms with Gasteiger partial charge in [0.05, 0.1) is 12.1 Å². The molecule has 4 rings (SSSR count). The molecule has 31 heavy (non-hydrogen) atoms. The normalized spacial score (nSPS) is 20.9. The molecule has 2 fully saturated rings. The molecule has 2 aromatic carbocycles. The first kappa shape index (κ1) is 20.8. The first-order valence-corrected chi connectivity index (χ1v) is 9.49. The van der Waals surface area contributed by atoms with Crippen LogP contribution in [-0.4, -0.2) is 29.9 Å². The van der Waals surface area contributed by atoms with Crippen LogP contribution in [-0.2, 0) is 11.0 Å². The van der Waals surface area contributed by atoms with Crippen molar-refractivity contribution in [3.63, 3.8) is 0 Å². The van der Waals surface area contributed by atoms with Gasteiger partial charge < -0.3 is 10.6 Å². The topological polar surface area (TPSA) is 87.3 Å². The number of imide groups is 1. The second kappa shape index (κ2) is 7.36. The van der Waals surface area contributed by atoms with Crippen LogP contribution in [0, 0.1) is 11.7 Å². The third-order valence-electron chi connectivity index (χ3n) is 5.52. The Morgan fingerprint density at radius 3 is 2.32 bits per heavy atom. The van der Waals surface area contributed by atoms with Gasteiger partial charge in [-0.3, -0.25) is 14.9 Å². The van der Waals surface area contributed by atoms with E-state index in [-0.39, 0.29) is 29.2 Å². The van der Waals surface area contributed by atoms with Crippen LogP contribution in [0.3, 0.4) is 0 Å². The van der Waals surface area contributed by atoms with Crippen molar-refractivity contribution in [2.24, 2.45) is 5.92 Å². The fraction of sp³-hybridized carbons (Fsp3) is 0.286. The van der Waals surface area contributed by atoms with Crippen molar-refractivity contribution >= 4 is 17.8 Å². The summed E-state index contributed by atoms with van der Waals surface area (Å²) in [6.45, 7) is -0.169. The van der Waals surface area contributed by atoms with E-state index in [2.05, 4.69) is 16.0 Å². The maximum atomic E-state index is 13.9. The van der Waals surface area contributed by atoms with E-state index in [0.29, 0.717) is 0 Å². The molecule has 0 radical (unpaired) electrons. The zero-order valence-electron chi connectivity index (χ0n) is 16.0. The number of nitrogens with one attached hydrogen (secondary N) is 3. The van der Waals surface area contributed by atoms with Gasteiger partial charge in [-0.2, -0.15) is 13.2 Å². The first-order chi connectivity index (χ1) is 14.6. The highest BCUT2D eigenvalue weighted by Gasteiger charge is 2.56. The fourth-order valence-corrected chi connectivity index (χ4v) is 3.74. The molecule has 0 bridgehead atoms. The number of hydrogen-bond donors (Lipinski definition) is 3. The third kappa shape index (κ3) is 3.97. The third-order valence-corrected chi connectivity index (χ3v) is 5.52. The van der Waals surface area contributed by atoms with Crippen molar-refractivity contribution in [1.29, 1.82) is 0 Å². The second-order valence-corrected chi connectivity index (χ2v) is 7.60. The monoisotopic (exact) mass is 435 g/mol. The van der Waals surface area contributed by atoms with E-state index in [1.165, 1.54) is 6.07 Å². The number of halogens is 4. The van der Waals surface area contributed by atoms with E-state index in [0.717, 1.165) is 49.2 Å². The molecule has 1 heterocycles. The Hall–Kier alpha value is -3.43. The quantitative estimate of drug-likeness (QED) is 0.498. The summed E-state index contributed by atoms with van der Waals surface area (Å²) < 4.78 is 52.3. The van der Waals surface area contributed by atoms with Gasteiger partial charge in [0.25, 0.3) is 11.8 Å². The van der Waals surface area contributed by atoms with Gasteiger partial charge in [0, 0.05) is 5.56 Å². The summed E-state index contributed by atoms with van der Waals surface area (Å²) in [4.78, 5) is 36.8. The van der Waals surface area contributed by atoms with Crippen molar-refractivity contribution in [2.75, 3.05) is 6.54 Å². The van der Waals surface area contributed by atoms with E-state index in [1.54, 1.807) is 0 Å². The highest BCUT2D eigenvalue weighted by Crippen LogP contribution is 2.41. The lowest BCUT2D eigenvalue weighted by molar-refractivity contribution is -0.137. The van der Waals surface area contributed by atoms with E-state index < -0.39 is 40.9 Å². The van der Waals surface area contributed by atoms with Gasteiger partial charge >= 0.3 is 12.2 Å². The smallest absolute Gasteiger partial charge is 0.349 e. The lowest BCUT2D eigenvalue weighted by Crippen LogP contribution is -2.57. The maximum absolute atomic E-state index is 13.9. The average Bonchev–Trinajstić information content (AvgIpc) is 3.51. The first-order valence-electron chi connectivity index (χ1n) is 9.49. The molecule has 10 heteroatoms. The molecule has 0 spiro atoms. The minimum atomic E-state index is -4.52. The van der Waals surface area contributed by atoms with Gasteiger partial charge in [0.15, 0.2) is 0 Å². The molecule has 0 aromatic heterocycles. The fourth-order valence-electron chi connectivity index (χ4n) is 3.74. The van der Waals surface area contributed by atoms with Crippen LogP contribution < -0.4 is 16.0 Å². The molecule has 0 unspecified atom stereocenters. The number of alkyl halides is 3. The van der Waals surface area contributed by atoms with Crippen molar-refractivity contribution in [2.45, 2.75) is 24.6 Å². The summed E-state index contributed by atoms with van der Waals surface area (Å²) in [6.07, 6.45) is -3.09. The van der Waals surface area contributed by atoms with Crippen LogP contribution in [0.25, 0.3) is 11.1 Å². The van der Waals surface area contributed by atoms with Gasteiger partial charge in [0.2, 0.25) is 0 Å². The zero-order chi connectivity index (χ0) is 22.4. The molecule has 1 aliphatic carbocycles. The summed E-state index contributed by atoms with van der Waals surface area (Å²) in [5, 5.41) is 7.36. The van der Waals surface area contributed by atoms with Crippen molar-refractivity contribution < 1.29 is 31.9 Å². The molecule has 1 aliphatic heterocycles. The number of rotatable bonds is 5. The molecule has 1 atom stereocenters. The van der Waals surface area contributed by atoms with Crippen LogP contribution >= 0.6 is 0 Å². The summed E-state index contributed by atoms with van der Waals surface area (Å²) in [7, 11) is 0. The number of carbonyl (C=O) groups excluding carboxylic acids is 3. The molecular formula is C21H17F4N3O3. The van der Waals surface area contributed by atoms with E-state index >= 15 is 0 Å². The Morgan fingerprint density at radius 2 is 1.77 bits per heavy atom. The van der Waals surface area contributed by atoms with Gasteiger partial charge in [-0.15, -0.1) is 0 Å². The molecule has 1 saturated heterocycles. The van der Waals surface area contributed by atoms with E-state index in [1.807, 2.05) is 0 Å². The number of hydrogen-bond acceptors (Lipinski definition) is 3. The van der Waals surface area contributed by atoms with Crippen LogP contribution in [0.2, 0.25) is 0 Å². The highest BCUT2D eigenvalue weighted by atomic mass is 19.4. The Kier molecular flexibility index (Phi) is 4.95. The van der Waals surface area contributed by atoms with Gasteiger partial charge in [-0.25, -0.2) is 9.18 Å². The molecule has 1 saturated carbocycles. The maximum Gasteiger partial charge on any atom is 0.416 e. The van der Waals surface area contributed by atoms with Gasteiger partial charge in [-0.1, -0.05) is 12.1 Å². The Bertz CT molecular complexity index is 1060. The lowest BCUT2D eigenvalue weighted by atomic mass is 9.92. The highest BCUT2D eigenvalue weighted by molar-refractivity contribution is 6.08. The Morgan fingerprint density at radius 1 is 1.10 bits per heavy atom. The van der Waals surface area contributed by atoms with Crippen molar-refractivity contribution in [3.8, 4) is 11.1 Å². The van der Waals surface area contributed by atoms with Gasteiger partial charge in [0.1, 0.15) is 11.4 Å². The van der Waals surface area contributed by atoms with Gasteiger partial charge in [-0.05, 0) is 60.2 Å². The average molecular weight is 435 g/mol. The Labute approximate surface area is 174 Å². The van der Waals surface area contributed by atoms with Crippen molar-refractivity contribution in [1.82, 2.24) is 16.0 Å². The molecule has 2 aliphatic rings.